The highest BCUT2D eigenvalue weighted by molar-refractivity contribution is 9.10. The van der Waals surface area contributed by atoms with Crippen molar-refractivity contribution < 1.29 is 9.15 Å². The summed E-state index contributed by atoms with van der Waals surface area (Å²) < 4.78 is 11.7. The van der Waals surface area contributed by atoms with Gasteiger partial charge in [-0.25, -0.2) is 4.79 Å². The molecule has 3 nitrogen and oxygen atoms in total. The summed E-state index contributed by atoms with van der Waals surface area (Å²) in [6.07, 6.45) is 6.40. The number of rotatable bonds is 6. The Bertz CT molecular complexity index is 796. The Morgan fingerprint density at radius 3 is 2.65 bits per heavy atom. The molecule has 0 unspecified atom stereocenters. The van der Waals surface area contributed by atoms with Crippen LogP contribution in [-0.2, 0) is 0 Å². The highest BCUT2D eigenvalue weighted by Gasteiger charge is 2.08. The second-order valence-corrected chi connectivity index (χ2v) is 6.53. The molecular formula is C19H21BrO3. The Kier molecular flexibility index (Phi) is 6.22. The molecule has 0 aliphatic carbocycles. The lowest BCUT2D eigenvalue weighted by Gasteiger charge is -2.08. The van der Waals surface area contributed by atoms with E-state index >= 15 is 0 Å². The summed E-state index contributed by atoms with van der Waals surface area (Å²) >= 11 is 3.46. The normalized spacial score (nSPS) is 11.6. The predicted octanol–water partition coefficient (Wildman–Crippen LogP) is 5.63. The number of fused-ring (bicyclic) bond motifs is 1. The highest BCUT2D eigenvalue weighted by atomic mass is 79.9. The summed E-state index contributed by atoms with van der Waals surface area (Å²) in [4.78, 5) is 11.4. The molecule has 0 spiro atoms. The van der Waals surface area contributed by atoms with Gasteiger partial charge in [0, 0.05) is 11.5 Å². The summed E-state index contributed by atoms with van der Waals surface area (Å²) in [6.45, 7) is 6.81. The van der Waals surface area contributed by atoms with Gasteiger partial charge >= 0.3 is 5.63 Å². The molecule has 1 aromatic carbocycles. The first-order chi connectivity index (χ1) is 11.0. The first kappa shape index (κ1) is 17.5. The molecule has 0 saturated heterocycles. The minimum Gasteiger partial charge on any atom is -0.488 e. The molecule has 2 rings (SSSR count). The summed E-state index contributed by atoms with van der Waals surface area (Å²) in [5.74, 6) is 0.667. The third kappa shape index (κ3) is 5.10. The lowest BCUT2D eigenvalue weighted by Crippen LogP contribution is -1.98. The standard InChI is InChI=1S/C19H21BrO3/c1-13(2)5-4-6-14(3)11-12-22-16-9-7-15-8-10-17(21)23-19(15)18(16)20/h5,7-11H,4,6,12H2,1-3H3/b14-11+. The van der Waals surface area contributed by atoms with Gasteiger partial charge in [-0.15, -0.1) is 0 Å². The maximum atomic E-state index is 11.4. The van der Waals surface area contributed by atoms with E-state index in [1.54, 1.807) is 6.07 Å². The van der Waals surface area contributed by atoms with Crippen LogP contribution in [0.5, 0.6) is 5.75 Å². The fourth-order valence-corrected chi connectivity index (χ4v) is 2.71. The first-order valence-corrected chi connectivity index (χ1v) is 8.41. The van der Waals surface area contributed by atoms with E-state index in [1.807, 2.05) is 12.1 Å². The van der Waals surface area contributed by atoms with E-state index in [2.05, 4.69) is 48.9 Å². The molecule has 23 heavy (non-hydrogen) atoms. The molecule has 0 bridgehead atoms. The van der Waals surface area contributed by atoms with Crippen molar-refractivity contribution in [1.82, 2.24) is 0 Å². The second kappa shape index (κ2) is 8.16. The Morgan fingerprint density at radius 1 is 1.17 bits per heavy atom. The van der Waals surface area contributed by atoms with Crippen molar-refractivity contribution >= 4 is 26.9 Å². The molecule has 122 valence electrons. The number of allylic oxidation sites excluding steroid dienone is 3. The van der Waals surface area contributed by atoms with Gasteiger partial charge in [0.05, 0.1) is 0 Å². The van der Waals surface area contributed by atoms with Crippen LogP contribution in [0.4, 0.5) is 0 Å². The monoisotopic (exact) mass is 376 g/mol. The van der Waals surface area contributed by atoms with E-state index in [9.17, 15) is 4.79 Å². The zero-order chi connectivity index (χ0) is 16.8. The average Bonchev–Trinajstić information content (AvgIpc) is 2.50. The lowest BCUT2D eigenvalue weighted by atomic mass is 10.1. The highest BCUT2D eigenvalue weighted by Crippen LogP contribution is 2.32. The van der Waals surface area contributed by atoms with Gasteiger partial charge in [-0.1, -0.05) is 17.2 Å². The zero-order valence-electron chi connectivity index (χ0n) is 13.7. The largest absolute Gasteiger partial charge is 0.488 e. The molecule has 0 aliphatic heterocycles. The van der Waals surface area contributed by atoms with E-state index in [1.165, 1.54) is 17.2 Å². The SMILES string of the molecule is CC(C)=CCC/C(C)=C/COc1ccc2ccc(=O)oc2c1Br. The number of halogens is 1. The van der Waals surface area contributed by atoms with Crippen molar-refractivity contribution in [3.05, 3.63) is 62.5 Å². The third-order valence-electron chi connectivity index (χ3n) is 3.46. The van der Waals surface area contributed by atoms with Crippen LogP contribution < -0.4 is 10.4 Å². The van der Waals surface area contributed by atoms with E-state index in [0.717, 1.165) is 18.2 Å². The fourth-order valence-electron chi connectivity index (χ4n) is 2.16. The molecule has 0 N–H and O–H groups in total. The van der Waals surface area contributed by atoms with E-state index < -0.39 is 0 Å². The molecule has 2 aromatic rings. The lowest BCUT2D eigenvalue weighted by molar-refractivity contribution is 0.359. The van der Waals surface area contributed by atoms with Crippen molar-refractivity contribution in [2.24, 2.45) is 0 Å². The minimum absolute atomic E-state index is 0.370. The van der Waals surface area contributed by atoms with Gasteiger partial charge in [-0.2, -0.15) is 0 Å². The molecule has 0 fully saturated rings. The van der Waals surface area contributed by atoms with Crippen LogP contribution >= 0.6 is 15.9 Å². The van der Waals surface area contributed by atoms with Gasteiger partial charge in [0.1, 0.15) is 16.8 Å². The zero-order valence-corrected chi connectivity index (χ0v) is 15.3. The summed E-state index contributed by atoms with van der Waals surface area (Å²) in [5, 5.41) is 0.859. The van der Waals surface area contributed by atoms with E-state index in [4.69, 9.17) is 9.15 Å². The van der Waals surface area contributed by atoms with Gasteiger partial charge in [-0.3, -0.25) is 0 Å². The Morgan fingerprint density at radius 2 is 1.91 bits per heavy atom. The van der Waals surface area contributed by atoms with Crippen molar-refractivity contribution in [2.75, 3.05) is 6.61 Å². The molecule has 4 heteroatoms. The molecule has 0 aliphatic rings. The second-order valence-electron chi connectivity index (χ2n) is 5.73. The maximum absolute atomic E-state index is 11.4. The maximum Gasteiger partial charge on any atom is 0.336 e. The predicted molar refractivity (Wildman–Crippen MR) is 98.1 cm³/mol. The third-order valence-corrected chi connectivity index (χ3v) is 4.21. The summed E-state index contributed by atoms with van der Waals surface area (Å²) in [7, 11) is 0. The first-order valence-electron chi connectivity index (χ1n) is 7.61. The Balaban J connectivity index is 2.03. The van der Waals surface area contributed by atoms with Gasteiger partial charge in [0.25, 0.3) is 0 Å². The summed E-state index contributed by atoms with van der Waals surface area (Å²) in [6, 6.07) is 6.90. The van der Waals surface area contributed by atoms with Gasteiger partial charge < -0.3 is 9.15 Å². The average molecular weight is 377 g/mol. The minimum atomic E-state index is -0.370. The smallest absolute Gasteiger partial charge is 0.336 e. The molecule has 0 saturated carbocycles. The Hall–Kier alpha value is -1.81. The molecule has 1 aromatic heterocycles. The number of hydrogen-bond acceptors (Lipinski definition) is 3. The van der Waals surface area contributed by atoms with Crippen LogP contribution in [0.1, 0.15) is 33.6 Å². The van der Waals surface area contributed by atoms with Crippen molar-refractivity contribution in [3.63, 3.8) is 0 Å². The van der Waals surface area contributed by atoms with Crippen LogP contribution in [0.25, 0.3) is 11.0 Å². The van der Waals surface area contributed by atoms with E-state index in [-0.39, 0.29) is 5.63 Å². The van der Waals surface area contributed by atoms with Gasteiger partial charge in [-0.05, 0) is 73.8 Å². The van der Waals surface area contributed by atoms with E-state index in [0.29, 0.717) is 22.4 Å². The molecule has 1 heterocycles. The Labute approximate surface area is 144 Å². The van der Waals surface area contributed by atoms with Crippen LogP contribution in [0.2, 0.25) is 0 Å². The molecule has 0 radical (unpaired) electrons. The topological polar surface area (TPSA) is 39.4 Å². The number of ether oxygens (including phenoxy) is 1. The number of benzene rings is 1. The fraction of sp³-hybridized carbons (Fsp3) is 0.316. The van der Waals surface area contributed by atoms with Crippen LogP contribution in [0.3, 0.4) is 0 Å². The molecular weight excluding hydrogens is 356 g/mol. The van der Waals surface area contributed by atoms with Crippen molar-refractivity contribution in [1.29, 1.82) is 0 Å². The van der Waals surface area contributed by atoms with Crippen LogP contribution in [-0.4, -0.2) is 6.61 Å². The quantitative estimate of drug-likeness (QED) is 0.484. The van der Waals surface area contributed by atoms with Gasteiger partial charge in [0.15, 0.2) is 5.58 Å². The summed E-state index contributed by atoms with van der Waals surface area (Å²) in [5.41, 5.74) is 2.78. The molecule has 0 amide bonds. The van der Waals surface area contributed by atoms with Gasteiger partial charge in [0.2, 0.25) is 0 Å². The van der Waals surface area contributed by atoms with Crippen molar-refractivity contribution in [3.8, 4) is 5.75 Å². The van der Waals surface area contributed by atoms with Crippen molar-refractivity contribution in [2.45, 2.75) is 33.6 Å². The molecule has 0 atom stereocenters. The van der Waals surface area contributed by atoms with Crippen LogP contribution in [0, 0.1) is 0 Å². The number of hydrogen-bond donors (Lipinski definition) is 0. The van der Waals surface area contributed by atoms with Crippen LogP contribution in [0.15, 0.2) is 61.2 Å².